The van der Waals surface area contributed by atoms with Gasteiger partial charge in [-0.15, -0.1) is 0 Å². The zero-order valence-corrected chi connectivity index (χ0v) is 18.3. The number of benzene rings is 2. The summed E-state index contributed by atoms with van der Waals surface area (Å²) in [6.07, 6.45) is 1.07. The first-order valence-electron chi connectivity index (χ1n) is 10.4. The van der Waals surface area contributed by atoms with Crippen molar-refractivity contribution in [1.29, 1.82) is 0 Å². The number of hydrogen-bond acceptors (Lipinski definition) is 6. The van der Waals surface area contributed by atoms with Crippen LogP contribution in [0.5, 0.6) is 11.5 Å². The number of furan rings is 1. The average molecular weight is 438 g/mol. The van der Waals surface area contributed by atoms with E-state index in [1.54, 1.807) is 19.1 Å². The van der Waals surface area contributed by atoms with E-state index < -0.39 is 10.8 Å². The third-order valence-corrected chi connectivity index (χ3v) is 5.05. The topological polar surface area (TPSA) is 104 Å². The maximum Gasteiger partial charge on any atom is 0.296 e. The van der Waals surface area contributed by atoms with Crippen molar-refractivity contribution < 1.29 is 23.6 Å². The molecule has 168 valence electrons. The molecule has 0 aliphatic heterocycles. The number of carbonyl (C=O) groups is 1. The van der Waals surface area contributed by atoms with Crippen molar-refractivity contribution in [3.05, 3.63) is 81.8 Å². The highest BCUT2D eigenvalue weighted by atomic mass is 16.6. The quantitative estimate of drug-likeness (QED) is 0.311. The Balaban J connectivity index is 1.63. The smallest absolute Gasteiger partial charge is 0.296 e. The molecular weight excluding hydrogens is 412 g/mol. The molecule has 0 bridgehead atoms. The molecular formula is C24H26N2O6. The fourth-order valence-corrected chi connectivity index (χ4v) is 3.07. The summed E-state index contributed by atoms with van der Waals surface area (Å²) in [5, 5.41) is 13.9. The zero-order valence-electron chi connectivity index (χ0n) is 18.3. The number of nitro benzene ring substituents is 1. The minimum absolute atomic E-state index is 0.0268. The number of ether oxygens (including phenoxy) is 2. The summed E-state index contributed by atoms with van der Waals surface area (Å²) in [4.78, 5) is 23.3. The van der Waals surface area contributed by atoms with E-state index in [1.807, 2.05) is 24.3 Å². The van der Waals surface area contributed by atoms with Gasteiger partial charge in [-0.25, -0.2) is 0 Å². The van der Waals surface area contributed by atoms with Crippen molar-refractivity contribution in [3.8, 4) is 11.5 Å². The first kappa shape index (κ1) is 22.9. The number of nitrogens with one attached hydrogen (secondary N) is 1. The molecule has 0 spiro atoms. The molecule has 8 heteroatoms. The maximum absolute atomic E-state index is 12.5. The molecule has 2 aromatic carbocycles. The molecule has 0 saturated carbocycles. The van der Waals surface area contributed by atoms with E-state index >= 15 is 0 Å². The predicted molar refractivity (Wildman–Crippen MR) is 120 cm³/mol. The van der Waals surface area contributed by atoms with Crippen LogP contribution in [-0.2, 0) is 6.61 Å². The minimum atomic E-state index is -0.596. The van der Waals surface area contributed by atoms with Crippen LogP contribution < -0.4 is 14.8 Å². The fourth-order valence-electron chi connectivity index (χ4n) is 3.07. The van der Waals surface area contributed by atoms with Gasteiger partial charge in [0.05, 0.1) is 17.6 Å². The minimum Gasteiger partial charge on any atom is -0.494 e. The third kappa shape index (κ3) is 5.66. The molecule has 8 nitrogen and oxygen atoms in total. The van der Waals surface area contributed by atoms with Gasteiger partial charge in [-0.1, -0.05) is 26.0 Å². The number of rotatable bonds is 10. The van der Waals surface area contributed by atoms with Gasteiger partial charge in [0.25, 0.3) is 11.6 Å². The van der Waals surface area contributed by atoms with Gasteiger partial charge in [0.2, 0.25) is 0 Å². The SMILES string of the molecule is CCOc1ccc(NC(=O)c2ccc(COc3ccc(C(C)CC)cc3)o2)c([N+](=O)[O-])c1. The summed E-state index contributed by atoms with van der Waals surface area (Å²) < 4.78 is 16.6. The fraction of sp³-hybridized carbons (Fsp3) is 0.292. The van der Waals surface area contributed by atoms with E-state index in [0.717, 1.165) is 6.42 Å². The second kappa shape index (κ2) is 10.5. The van der Waals surface area contributed by atoms with Gasteiger partial charge in [0, 0.05) is 0 Å². The Morgan fingerprint density at radius 1 is 1.06 bits per heavy atom. The van der Waals surface area contributed by atoms with Crippen LogP contribution in [0.2, 0.25) is 0 Å². The second-order valence-electron chi connectivity index (χ2n) is 7.26. The Hall–Kier alpha value is -3.81. The molecule has 1 unspecified atom stereocenters. The predicted octanol–water partition coefficient (Wildman–Crippen LogP) is 5.93. The monoisotopic (exact) mass is 438 g/mol. The van der Waals surface area contributed by atoms with Crippen LogP contribution in [0.1, 0.15) is 55.0 Å². The molecule has 32 heavy (non-hydrogen) atoms. The molecule has 3 aromatic rings. The van der Waals surface area contributed by atoms with Crippen LogP contribution in [0.3, 0.4) is 0 Å². The first-order valence-corrected chi connectivity index (χ1v) is 10.4. The summed E-state index contributed by atoms with van der Waals surface area (Å²) in [6, 6.07) is 15.3. The summed E-state index contributed by atoms with van der Waals surface area (Å²) in [6.45, 7) is 6.63. The van der Waals surface area contributed by atoms with E-state index in [-0.39, 0.29) is 23.7 Å². The Bertz CT molecular complexity index is 1070. The number of amides is 1. The number of anilines is 1. The zero-order chi connectivity index (χ0) is 23.1. The van der Waals surface area contributed by atoms with Crippen LogP contribution in [-0.4, -0.2) is 17.4 Å². The van der Waals surface area contributed by atoms with Crippen molar-refractivity contribution in [2.75, 3.05) is 11.9 Å². The molecule has 0 radical (unpaired) electrons. The number of carbonyl (C=O) groups excluding carboxylic acids is 1. The van der Waals surface area contributed by atoms with E-state index in [2.05, 4.69) is 19.2 Å². The van der Waals surface area contributed by atoms with Crippen molar-refractivity contribution in [3.63, 3.8) is 0 Å². The molecule has 0 aliphatic rings. The van der Waals surface area contributed by atoms with Crippen molar-refractivity contribution in [1.82, 2.24) is 0 Å². The van der Waals surface area contributed by atoms with E-state index in [9.17, 15) is 14.9 Å². The van der Waals surface area contributed by atoms with Gasteiger partial charge in [0.15, 0.2) is 5.76 Å². The lowest BCUT2D eigenvalue weighted by molar-refractivity contribution is -0.384. The van der Waals surface area contributed by atoms with Gasteiger partial charge in [-0.3, -0.25) is 14.9 Å². The summed E-state index contributed by atoms with van der Waals surface area (Å²) in [5.74, 6) is 1.43. The largest absolute Gasteiger partial charge is 0.494 e. The molecule has 0 saturated heterocycles. The van der Waals surface area contributed by atoms with Crippen molar-refractivity contribution >= 4 is 17.3 Å². The maximum atomic E-state index is 12.5. The molecule has 0 aliphatic carbocycles. The van der Waals surface area contributed by atoms with Gasteiger partial charge < -0.3 is 19.2 Å². The summed E-state index contributed by atoms with van der Waals surface area (Å²) in [5.41, 5.74) is 1.04. The van der Waals surface area contributed by atoms with E-state index in [1.165, 1.54) is 23.8 Å². The highest BCUT2D eigenvalue weighted by Gasteiger charge is 2.20. The lowest BCUT2D eigenvalue weighted by atomic mass is 9.99. The van der Waals surface area contributed by atoms with Gasteiger partial charge in [-0.2, -0.15) is 0 Å². The van der Waals surface area contributed by atoms with Gasteiger partial charge in [0.1, 0.15) is 29.6 Å². The summed E-state index contributed by atoms with van der Waals surface area (Å²) in [7, 11) is 0. The van der Waals surface area contributed by atoms with Crippen LogP contribution in [0, 0.1) is 10.1 Å². The second-order valence-corrected chi connectivity index (χ2v) is 7.26. The molecule has 3 rings (SSSR count). The first-order chi connectivity index (χ1) is 15.4. The lowest BCUT2D eigenvalue weighted by Gasteiger charge is -2.10. The Labute approximate surface area is 186 Å². The standard InChI is InChI=1S/C24H26N2O6/c1-4-16(3)17-6-8-18(9-7-17)31-15-20-11-13-23(32-20)24(27)25-21-12-10-19(30-5-2)14-22(21)26(28)29/h6-14,16H,4-5,15H2,1-3H3,(H,25,27). The highest BCUT2D eigenvalue weighted by Crippen LogP contribution is 2.30. The normalized spacial score (nSPS) is 11.6. The molecule has 1 heterocycles. The lowest BCUT2D eigenvalue weighted by Crippen LogP contribution is -2.12. The Morgan fingerprint density at radius 2 is 1.78 bits per heavy atom. The van der Waals surface area contributed by atoms with Crippen molar-refractivity contribution in [2.45, 2.75) is 39.7 Å². The van der Waals surface area contributed by atoms with Gasteiger partial charge in [-0.05, 0) is 61.2 Å². The van der Waals surface area contributed by atoms with Crippen LogP contribution >= 0.6 is 0 Å². The van der Waals surface area contributed by atoms with Crippen molar-refractivity contribution in [2.24, 2.45) is 0 Å². The Morgan fingerprint density at radius 3 is 2.44 bits per heavy atom. The molecule has 1 N–H and O–H groups in total. The molecule has 1 atom stereocenters. The third-order valence-electron chi connectivity index (χ3n) is 5.05. The number of hydrogen-bond donors (Lipinski definition) is 1. The highest BCUT2D eigenvalue weighted by molar-refractivity contribution is 6.03. The Kier molecular flexibility index (Phi) is 7.49. The van der Waals surface area contributed by atoms with Crippen LogP contribution in [0.4, 0.5) is 11.4 Å². The van der Waals surface area contributed by atoms with E-state index in [4.69, 9.17) is 13.9 Å². The summed E-state index contributed by atoms with van der Waals surface area (Å²) >= 11 is 0. The van der Waals surface area contributed by atoms with Gasteiger partial charge >= 0.3 is 0 Å². The molecule has 0 fully saturated rings. The molecule has 1 aromatic heterocycles. The van der Waals surface area contributed by atoms with Crippen LogP contribution in [0.25, 0.3) is 0 Å². The average Bonchev–Trinajstić information content (AvgIpc) is 3.28. The number of nitro groups is 1. The van der Waals surface area contributed by atoms with Crippen LogP contribution in [0.15, 0.2) is 59.0 Å². The number of nitrogens with zero attached hydrogens (tertiary/aromatic N) is 1. The molecule has 1 amide bonds. The van der Waals surface area contributed by atoms with E-state index in [0.29, 0.717) is 29.8 Å².